The number of carbonyl (C=O) groups excluding carboxylic acids is 1. The molecule has 5 N–H and O–H groups in total. The number of hydrogen-bond acceptors (Lipinski definition) is 9. The van der Waals surface area contributed by atoms with E-state index in [2.05, 4.69) is 5.32 Å². The van der Waals surface area contributed by atoms with Crippen LogP contribution >= 0.6 is 0 Å². The summed E-state index contributed by atoms with van der Waals surface area (Å²) in [6, 6.07) is 5.01. The lowest BCUT2D eigenvalue weighted by Crippen LogP contribution is -2.61. The Balaban J connectivity index is 1.88. The minimum atomic E-state index is -1.48. The van der Waals surface area contributed by atoms with Gasteiger partial charge in [-0.05, 0) is 25.1 Å². The van der Waals surface area contributed by atoms with Gasteiger partial charge in [0.05, 0.1) is 6.61 Å². The summed E-state index contributed by atoms with van der Waals surface area (Å²) < 4.78 is 10.2. The summed E-state index contributed by atoms with van der Waals surface area (Å²) in [7, 11) is 0. The molecule has 9 heteroatoms. The first kappa shape index (κ1) is 18.5. The van der Waals surface area contributed by atoms with E-state index in [0.29, 0.717) is 11.1 Å². The number of ether oxygens (including phenoxy) is 1. The molecule has 0 aliphatic carbocycles. The number of anilines is 1. The normalized spacial score (nSPS) is 28.9. The molecule has 0 saturated carbocycles. The van der Waals surface area contributed by atoms with Crippen LogP contribution in [0.25, 0.3) is 11.0 Å². The fourth-order valence-electron chi connectivity index (χ4n) is 2.89. The number of fused-ring (bicyclic) bond motifs is 1. The van der Waals surface area contributed by atoms with E-state index in [-0.39, 0.29) is 11.1 Å². The van der Waals surface area contributed by atoms with Crippen molar-refractivity contribution in [3.63, 3.8) is 0 Å². The molecule has 0 bridgehead atoms. The summed E-state index contributed by atoms with van der Waals surface area (Å²) in [5, 5.41) is 42.5. The number of hydrogen-bond donors (Lipinski definition) is 5. The molecule has 0 spiro atoms. The monoisotopic (exact) mass is 365 g/mol. The van der Waals surface area contributed by atoms with Crippen LogP contribution in [0.3, 0.4) is 0 Å². The second-order valence-corrected chi connectivity index (χ2v) is 6.16. The third kappa shape index (κ3) is 3.35. The fraction of sp³-hybridized carbons (Fsp3) is 0.412. The minimum absolute atomic E-state index is 0.0529. The molecular weight excluding hydrogens is 346 g/mol. The minimum Gasteiger partial charge on any atom is -0.422 e. The van der Waals surface area contributed by atoms with Gasteiger partial charge in [0.25, 0.3) is 0 Å². The maximum atomic E-state index is 11.8. The highest BCUT2D eigenvalue weighted by atomic mass is 16.6. The van der Waals surface area contributed by atoms with Crippen molar-refractivity contribution in [2.45, 2.75) is 37.6 Å². The van der Waals surface area contributed by atoms with E-state index in [9.17, 15) is 24.9 Å². The molecule has 5 atom stereocenters. The second-order valence-electron chi connectivity index (χ2n) is 6.16. The topological polar surface area (TPSA) is 149 Å². The zero-order chi connectivity index (χ0) is 19.0. The van der Waals surface area contributed by atoms with Crippen LogP contribution in [0.1, 0.15) is 17.3 Å². The fourth-order valence-corrected chi connectivity index (χ4v) is 2.89. The zero-order valence-corrected chi connectivity index (χ0v) is 13.8. The predicted molar refractivity (Wildman–Crippen MR) is 89.9 cm³/mol. The summed E-state index contributed by atoms with van der Waals surface area (Å²) in [5.41, 5.74) is -0.218. The Morgan fingerprint density at radius 3 is 2.58 bits per heavy atom. The van der Waals surface area contributed by atoms with Crippen molar-refractivity contribution in [1.29, 1.82) is 0 Å². The van der Waals surface area contributed by atoms with Crippen molar-refractivity contribution >= 4 is 22.4 Å². The zero-order valence-electron chi connectivity index (χ0n) is 13.8. The number of carbonyl (C=O) groups is 1. The molecule has 1 fully saturated rings. The van der Waals surface area contributed by atoms with Crippen molar-refractivity contribution in [2.75, 3.05) is 11.9 Å². The van der Waals surface area contributed by atoms with Crippen LogP contribution in [0.2, 0.25) is 0 Å². The molecule has 1 aliphatic rings. The van der Waals surface area contributed by atoms with Crippen LogP contribution in [0.5, 0.6) is 0 Å². The molecule has 2 unspecified atom stereocenters. The molecule has 9 nitrogen and oxygen atoms in total. The Morgan fingerprint density at radius 2 is 1.92 bits per heavy atom. The lowest BCUT2D eigenvalue weighted by Gasteiger charge is -2.40. The number of aliphatic hydroxyl groups excluding tert-OH is 4. The van der Waals surface area contributed by atoms with E-state index in [1.807, 2.05) is 0 Å². The lowest BCUT2D eigenvalue weighted by atomic mass is 9.97. The van der Waals surface area contributed by atoms with Gasteiger partial charge in [-0.2, -0.15) is 0 Å². The van der Waals surface area contributed by atoms with Crippen molar-refractivity contribution in [3.05, 3.63) is 40.2 Å². The maximum Gasteiger partial charge on any atom is 0.347 e. The molecule has 2 heterocycles. The van der Waals surface area contributed by atoms with Gasteiger partial charge >= 0.3 is 5.63 Å². The van der Waals surface area contributed by atoms with Crippen molar-refractivity contribution in [3.8, 4) is 0 Å². The van der Waals surface area contributed by atoms with Gasteiger partial charge in [-0.3, -0.25) is 4.79 Å². The van der Waals surface area contributed by atoms with Crippen molar-refractivity contribution in [2.24, 2.45) is 0 Å². The number of rotatable bonds is 4. The van der Waals surface area contributed by atoms with Gasteiger partial charge in [-0.1, -0.05) is 0 Å². The molecule has 1 aromatic carbocycles. The number of ketones is 1. The Morgan fingerprint density at radius 1 is 1.19 bits per heavy atom. The highest BCUT2D eigenvalue weighted by Gasteiger charge is 2.43. The predicted octanol–water partition coefficient (Wildman–Crippen LogP) is -0.793. The van der Waals surface area contributed by atoms with E-state index in [1.54, 1.807) is 12.1 Å². The molecule has 3 rings (SSSR count). The standard InChI is InChI=1S/C17H19NO8/c1-7(20)10-4-8-2-3-9(5-11(8)25-16(10)23)18-13-15(22)14(21)12(6-19)26-17(13)24/h2-5,12-15,17-19,21-22,24H,6H2,1H3/t12?,13?,14-,15-,17-/m1/s1. The van der Waals surface area contributed by atoms with Gasteiger partial charge in [-0.25, -0.2) is 4.79 Å². The Bertz CT molecular complexity index is 879. The molecule has 1 aliphatic heterocycles. The number of benzene rings is 1. The average molecular weight is 365 g/mol. The number of aliphatic hydroxyl groups is 4. The first-order valence-corrected chi connectivity index (χ1v) is 7.97. The third-order valence-electron chi connectivity index (χ3n) is 4.35. The molecular formula is C17H19NO8. The molecule has 1 aromatic heterocycles. The quantitative estimate of drug-likeness (QED) is 0.347. The smallest absolute Gasteiger partial charge is 0.347 e. The van der Waals surface area contributed by atoms with Crippen LogP contribution in [0.4, 0.5) is 5.69 Å². The van der Waals surface area contributed by atoms with Gasteiger partial charge in [-0.15, -0.1) is 0 Å². The number of Topliss-reactive ketones (excluding diaryl/α,β-unsaturated/α-hetero) is 1. The summed E-state index contributed by atoms with van der Waals surface area (Å²) in [4.78, 5) is 23.2. The molecule has 26 heavy (non-hydrogen) atoms. The van der Waals surface area contributed by atoms with E-state index < -0.39 is 48.7 Å². The largest absolute Gasteiger partial charge is 0.422 e. The highest BCUT2D eigenvalue weighted by Crippen LogP contribution is 2.25. The van der Waals surface area contributed by atoms with Crippen LogP contribution in [-0.4, -0.2) is 63.5 Å². The average Bonchev–Trinajstić information content (AvgIpc) is 2.60. The van der Waals surface area contributed by atoms with E-state index in [4.69, 9.17) is 14.3 Å². The van der Waals surface area contributed by atoms with Gasteiger partial charge in [0, 0.05) is 17.1 Å². The molecule has 0 radical (unpaired) electrons. The van der Waals surface area contributed by atoms with Crippen LogP contribution in [0.15, 0.2) is 33.5 Å². The highest BCUT2D eigenvalue weighted by molar-refractivity contribution is 5.96. The van der Waals surface area contributed by atoms with E-state index in [0.717, 1.165) is 0 Å². The first-order valence-electron chi connectivity index (χ1n) is 7.97. The van der Waals surface area contributed by atoms with Gasteiger partial charge in [0.15, 0.2) is 12.1 Å². The van der Waals surface area contributed by atoms with Crippen molar-refractivity contribution < 1.29 is 34.4 Å². The van der Waals surface area contributed by atoms with Crippen LogP contribution in [-0.2, 0) is 4.74 Å². The molecule has 2 aromatic rings. The summed E-state index contributed by atoms with van der Waals surface area (Å²) in [6.45, 7) is 0.715. The van der Waals surface area contributed by atoms with E-state index in [1.165, 1.54) is 19.1 Å². The Hall–Kier alpha value is -2.30. The summed E-state index contributed by atoms with van der Waals surface area (Å²) >= 11 is 0. The van der Waals surface area contributed by atoms with E-state index >= 15 is 0 Å². The lowest BCUT2D eigenvalue weighted by molar-refractivity contribution is -0.245. The first-order chi connectivity index (χ1) is 12.3. The molecule has 1 saturated heterocycles. The third-order valence-corrected chi connectivity index (χ3v) is 4.35. The summed E-state index contributed by atoms with van der Waals surface area (Å²) in [6.07, 6.45) is -5.37. The Kier molecular flexibility index (Phi) is 5.08. The van der Waals surface area contributed by atoms with Gasteiger partial charge in [0.1, 0.15) is 35.5 Å². The number of nitrogens with one attached hydrogen (secondary N) is 1. The summed E-state index contributed by atoms with van der Waals surface area (Å²) in [5.74, 6) is -0.402. The second kappa shape index (κ2) is 7.14. The van der Waals surface area contributed by atoms with Gasteiger partial charge < -0.3 is 34.9 Å². The maximum absolute atomic E-state index is 11.8. The van der Waals surface area contributed by atoms with Crippen LogP contribution < -0.4 is 10.9 Å². The van der Waals surface area contributed by atoms with Crippen molar-refractivity contribution in [1.82, 2.24) is 0 Å². The van der Waals surface area contributed by atoms with Crippen LogP contribution in [0, 0.1) is 0 Å². The molecule has 140 valence electrons. The molecule has 0 amide bonds. The SMILES string of the molecule is CC(=O)c1cc2ccc(NC3[C@H](O)OC(CO)[C@@H](O)[C@@H]3O)cc2oc1=O. The Labute approximate surface area is 147 Å². The van der Waals surface area contributed by atoms with Gasteiger partial charge in [0.2, 0.25) is 0 Å².